The number of amides is 1. The summed E-state index contributed by atoms with van der Waals surface area (Å²) in [5, 5.41) is 3.19. The molecule has 130 valence electrons. The van der Waals surface area contributed by atoms with Crippen molar-refractivity contribution in [3.05, 3.63) is 29.7 Å². The molecule has 0 bridgehead atoms. The summed E-state index contributed by atoms with van der Waals surface area (Å²) in [6.45, 7) is 9.61. The second-order valence-corrected chi connectivity index (χ2v) is 6.25. The summed E-state index contributed by atoms with van der Waals surface area (Å²) in [7, 11) is 0. The Hall–Kier alpha value is -2.08. The van der Waals surface area contributed by atoms with Crippen molar-refractivity contribution < 1.29 is 9.53 Å². The molecule has 0 spiro atoms. The number of aromatic nitrogens is 2. The maximum atomic E-state index is 12.8. The van der Waals surface area contributed by atoms with Gasteiger partial charge in [0.2, 0.25) is 0 Å². The summed E-state index contributed by atoms with van der Waals surface area (Å²) in [5.41, 5.74) is 2.02. The zero-order valence-corrected chi connectivity index (χ0v) is 14.7. The van der Waals surface area contributed by atoms with Crippen molar-refractivity contribution in [3.63, 3.8) is 0 Å². The fraction of sp³-hybridized carbons (Fsp3) is 0.556. The van der Waals surface area contributed by atoms with Gasteiger partial charge in [-0.1, -0.05) is 6.92 Å². The minimum Gasteiger partial charge on any atom is -0.490 e. The molecular formula is C18H26N4O2. The quantitative estimate of drug-likeness (QED) is 0.913. The first-order chi connectivity index (χ1) is 11.6. The van der Waals surface area contributed by atoms with Crippen molar-refractivity contribution in [2.24, 2.45) is 0 Å². The number of ether oxygens (including phenoxy) is 1. The molecule has 2 aromatic heterocycles. The second kappa shape index (κ2) is 7.21. The number of likely N-dealkylation sites (tertiary alicyclic amines) is 1. The van der Waals surface area contributed by atoms with E-state index in [1.807, 2.05) is 36.6 Å². The highest BCUT2D eigenvalue weighted by Crippen LogP contribution is 2.22. The predicted octanol–water partition coefficient (Wildman–Crippen LogP) is 2.26. The minimum atomic E-state index is -0.0587. The van der Waals surface area contributed by atoms with Crippen LogP contribution in [0.4, 0.5) is 0 Å². The van der Waals surface area contributed by atoms with E-state index in [1.54, 1.807) is 0 Å². The van der Waals surface area contributed by atoms with Crippen LogP contribution in [0.3, 0.4) is 0 Å². The van der Waals surface area contributed by atoms with Gasteiger partial charge in [-0.05, 0) is 51.9 Å². The second-order valence-electron chi connectivity index (χ2n) is 6.25. The first-order valence-corrected chi connectivity index (χ1v) is 8.77. The number of nitrogens with one attached hydrogen (secondary N) is 1. The van der Waals surface area contributed by atoms with Gasteiger partial charge < -0.3 is 15.0 Å². The van der Waals surface area contributed by atoms with Gasteiger partial charge in [0.15, 0.2) is 11.4 Å². The number of hydrogen-bond donors (Lipinski definition) is 1. The van der Waals surface area contributed by atoms with E-state index in [2.05, 4.69) is 22.1 Å². The number of imidazole rings is 1. The summed E-state index contributed by atoms with van der Waals surface area (Å²) in [6.07, 6.45) is 4.02. The highest BCUT2D eigenvalue weighted by Gasteiger charge is 2.24. The predicted molar refractivity (Wildman–Crippen MR) is 93.7 cm³/mol. The van der Waals surface area contributed by atoms with Crippen LogP contribution in [0.2, 0.25) is 0 Å². The van der Waals surface area contributed by atoms with Gasteiger partial charge in [-0.3, -0.25) is 9.20 Å². The summed E-state index contributed by atoms with van der Waals surface area (Å²) in [5.74, 6) is 0.647. The van der Waals surface area contributed by atoms with Crippen molar-refractivity contribution in [3.8, 4) is 5.75 Å². The molecule has 2 aromatic rings. The Morgan fingerprint density at radius 1 is 1.46 bits per heavy atom. The molecule has 24 heavy (non-hydrogen) atoms. The van der Waals surface area contributed by atoms with E-state index in [0.29, 0.717) is 23.7 Å². The lowest BCUT2D eigenvalue weighted by Gasteiger charge is -2.32. The first-order valence-electron chi connectivity index (χ1n) is 8.77. The largest absolute Gasteiger partial charge is 0.490 e. The molecule has 1 aliphatic heterocycles. The van der Waals surface area contributed by atoms with Crippen molar-refractivity contribution >= 4 is 11.6 Å². The minimum absolute atomic E-state index is 0.0587. The van der Waals surface area contributed by atoms with Crippen molar-refractivity contribution in [1.29, 1.82) is 0 Å². The zero-order chi connectivity index (χ0) is 17.1. The van der Waals surface area contributed by atoms with E-state index < -0.39 is 0 Å². The summed E-state index contributed by atoms with van der Waals surface area (Å²) < 4.78 is 7.45. The van der Waals surface area contributed by atoms with Crippen LogP contribution >= 0.6 is 0 Å². The number of rotatable bonds is 5. The first kappa shape index (κ1) is 16.8. The lowest BCUT2D eigenvalue weighted by Crippen LogP contribution is -2.47. The van der Waals surface area contributed by atoms with E-state index in [9.17, 15) is 4.79 Å². The molecule has 3 rings (SSSR count). The molecule has 6 heteroatoms. The molecule has 1 aliphatic rings. The molecule has 0 aliphatic carbocycles. The highest BCUT2D eigenvalue weighted by molar-refractivity contribution is 5.95. The van der Waals surface area contributed by atoms with Gasteiger partial charge in [0.05, 0.1) is 12.3 Å². The number of nitrogens with zero attached hydrogens (tertiary/aromatic N) is 3. The molecule has 0 aromatic carbocycles. The highest BCUT2D eigenvalue weighted by atomic mass is 16.5. The summed E-state index contributed by atoms with van der Waals surface area (Å²) in [6, 6.07) is 3.97. The number of hydrogen-bond acceptors (Lipinski definition) is 4. The van der Waals surface area contributed by atoms with Gasteiger partial charge in [0.25, 0.3) is 5.91 Å². The zero-order valence-electron chi connectivity index (χ0n) is 14.7. The normalized spacial score (nSPS) is 18.7. The average Bonchev–Trinajstić information content (AvgIpc) is 2.92. The van der Waals surface area contributed by atoms with Crippen LogP contribution in [0.25, 0.3) is 5.65 Å². The van der Waals surface area contributed by atoms with Crippen LogP contribution in [-0.4, -0.2) is 52.5 Å². The van der Waals surface area contributed by atoms with Gasteiger partial charge in [-0.15, -0.1) is 0 Å². The average molecular weight is 330 g/mol. The number of fused-ring (bicyclic) bond motifs is 1. The Balaban J connectivity index is 1.84. The van der Waals surface area contributed by atoms with E-state index >= 15 is 0 Å². The Kier molecular flexibility index (Phi) is 5.04. The third-order valence-corrected chi connectivity index (χ3v) is 4.59. The third-order valence-electron chi connectivity index (χ3n) is 4.59. The van der Waals surface area contributed by atoms with Gasteiger partial charge in [-0.2, -0.15) is 0 Å². The molecule has 1 atom stereocenters. The SMILES string of the molecule is CCOc1cccn2c(C(=O)N[C@H]3CCCN(CC)C3)c(C)nc12. The van der Waals surface area contributed by atoms with Crippen molar-refractivity contribution in [2.45, 2.75) is 39.7 Å². The van der Waals surface area contributed by atoms with Crippen molar-refractivity contribution in [2.75, 3.05) is 26.2 Å². The van der Waals surface area contributed by atoms with E-state index in [0.717, 1.165) is 38.2 Å². The van der Waals surface area contributed by atoms with Crippen LogP contribution in [0, 0.1) is 6.92 Å². The van der Waals surface area contributed by atoms with Gasteiger partial charge in [0.1, 0.15) is 5.69 Å². The van der Waals surface area contributed by atoms with Crippen molar-refractivity contribution in [1.82, 2.24) is 19.6 Å². The lowest BCUT2D eigenvalue weighted by atomic mass is 10.1. The number of aryl methyl sites for hydroxylation is 1. The molecule has 3 heterocycles. The van der Waals surface area contributed by atoms with Gasteiger partial charge in [-0.25, -0.2) is 4.98 Å². The van der Waals surface area contributed by atoms with Crippen LogP contribution in [0.1, 0.15) is 42.9 Å². The maximum Gasteiger partial charge on any atom is 0.270 e. The molecular weight excluding hydrogens is 304 g/mol. The number of piperidine rings is 1. The molecule has 1 N–H and O–H groups in total. The topological polar surface area (TPSA) is 58.9 Å². The lowest BCUT2D eigenvalue weighted by molar-refractivity contribution is 0.0899. The standard InChI is InChI=1S/C18H26N4O2/c1-4-21-10-6-8-14(12-21)20-18(23)16-13(3)19-17-15(24-5-2)9-7-11-22(16)17/h7,9,11,14H,4-6,8,10,12H2,1-3H3,(H,20,23)/t14-/m0/s1. The van der Waals surface area contributed by atoms with Crippen LogP contribution < -0.4 is 10.1 Å². The number of likely N-dealkylation sites (N-methyl/N-ethyl adjacent to an activating group) is 1. The fourth-order valence-corrected chi connectivity index (χ4v) is 3.41. The molecule has 6 nitrogen and oxygen atoms in total. The molecule has 1 amide bonds. The Morgan fingerprint density at radius 2 is 2.29 bits per heavy atom. The van der Waals surface area contributed by atoms with Crippen LogP contribution in [0.15, 0.2) is 18.3 Å². The Morgan fingerprint density at radius 3 is 3.04 bits per heavy atom. The summed E-state index contributed by atoms with van der Waals surface area (Å²) in [4.78, 5) is 19.8. The van der Waals surface area contributed by atoms with E-state index in [1.165, 1.54) is 0 Å². The van der Waals surface area contributed by atoms with E-state index in [4.69, 9.17) is 4.74 Å². The number of pyridine rings is 1. The number of carbonyl (C=O) groups excluding carboxylic acids is 1. The molecule has 1 fully saturated rings. The van der Waals surface area contributed by atoms with Crippen LogP contribution in [0.5, 0.6) is 5.75 Å². The molecule has 0 unspecified atom stereocenters. The van der Waals surface area contributed by atoms with Gasteiger partial charge >= 0.3 is 0 Å². The van der Waals surface area contributed by atoms with Gasteiger partial charge in [0, 0.05) is 18.8 Å². The van der Waals surface area contributed by atoms with Crippen LogP contribution in [-0.2, 0) is 0 Å². The summed E-state index contributed by atoms with van der Waals surface area (Å²) >= 11 is 0. The molecule has 1 saturated heterocycles. The smallest absolute Gasteiger partial charge is 0.270 e. The Labute approximate surface area is 142 Å². The molecule has 0 radical (unpaired) electrons. The third kappa shape index (κ3) is 3.24. The van der Waals surface area contributed by atoms with E-state index in [-0.39, 0.29) is 11.9 Å². The Bertz CT molecular complexity index is 725. The maximum absolute atomic E-state index is 12.8. The molecule has 0 saturated carbocycles. The fourth-order valence-electron chi connectivity index (χ4n) is 3.41. The number of carbonyl (C=O) groups is 1. The monoisotopic (exact) mass is 330 g/mol.